The molecule has 1 saturated heterocycles. The van der Waals surface area contributed by atoms with Crippen LogP contribution in [0.25, 0.3) is 0 Å². The molecular formula is C10H18N2O2. The van der Waals surface area contributed by atoms with Crippen molar-refractivity contribution in [2.24, 2.45) is 0 Å². The summed E-state index contributed by atoms with van der Waals surface area (Å²) in [5, 5.41) is 3.00. The van der Waals surface area contributed by atoms with Crippen molar-refractivity contribution in [3.8, 4) is 0 Å². The van der Waals surface area contributed by atoms with Crippen LogP contribution in [0.15, 0.2) is 0 Å². The van der Waals surface area contributed by atoms with Gasteiger partial charge < -0.3 is 15.0 Å². The highest BCUT2D eigenvalue weighted by Crippen LogP contribution is 2.19. The van der Waals surface area contributed by atoms with E-state index in [2.05, 4.69) is 5.32 Å². The van der Waals surface area contributed by atoms with Gasteiger partial charge in [0, 0.05) is 25.7 Å². The monoisotopic (exact) mass is 198 g/mol. The molecule has 2 rings (SSSR count). The number of amides is 2. The number of nitrogens with one attached hydrogen (secondary N) is 1. The van der Waals surface area contributed by atoms with E-state index in [0.29, 0.717) is 6.04 Å². The van der Waals surface area contributed by atoms with E-state index >= 15 is 0 Å². The predicted octanol–water partition coefficient (Wildman–Crippen LogP) is 0.969. The third-order valence-electron chi connectivity index (χ3n) is 2.64. The summed E-state index contributed by atoms with van der Waals surface area (Å²) in [7, 11) is 0. The summed E-state index contributed by atoms with van der Waals surface area (Å²) < 4.78 is 5.48. The van der Waals surface area contributed by atoms with Crippen LogP contribution in [0, 0.1) is 0 Å². The number of carbonyl (C=O) groups excluding carboxylic acids is 1. The Hall–Kier alpha value is -0.770. The van der Waals surface area contributed by atoms with Gasteiger partial charge in [0.05, 0.1) is 6.10 Å². The molecule has 4 nitrogen and oxygen atoms in total. The maximum absolute atomic E-state index is 11.7. The minimum atomic E-state index is 0.0878. The van der Waals surface area contributed by atoms with Gasteiger partial charge in [0.15, 0.2) is 0 Å². The van der Waals surface area contributed by atoms with Crippen LogP contribution in [-0.4, -0.2) is 42.8 Å². The summed E-state index contributed by atoms with van der Waals surface area (Å²) in [5.74, 6) is 0. The first-order valence-corrected chi connectivity index (χ1v) is 5.43. The van der Waals surface area contributed by atoms with Crippen LogP contribution in [0.3, 0.4) is 0 Å². The zero-order chi connectivity index (χ0) is 9.97. The summed E-state index contributed by atoms with van der Waals surface area (Å²) in [6.45, 7) is 4.33. The molecule has 0 aromatic rings. The molecular weight excluding hydrogens is 180 g/mol. The molecule has 0 bridgehead atoms. The van der Waals surface area contributed by atoms with Gasteiger partial charge >= 0.3 is 6.03 Å². The molecule has 1 atom stereocenters. The Morgan fingerprint density at radius 1 is 1.50 bits per heavy atom. The minimum Gasteiger partial charge on any atom is -0.377 e. The van der Waals surface area contributed by atoms with Crippen LogP contribution >= 0.6 is 0 Å². The lowest BCUT2D eigenvalue weighted by molar-refractivity contribution is 0.0710. The van der Waals surface area contributed by atoms with Crippen molar-refractivity contribution in [2.75, 3.05) is 19.7 Å². The molecule has 14 heavy (non-hydrogen) atoms. The number of urea groups is 1. The fourth-order valence-corrected chi connectivity index (χ4v) is 1.67. The highest BCUT2D eigenvalue weighted by molar-refractivity contribution is 5.74. The Bertz CT molecular complexity index is 216. The van der Waals surface area contributed by atoms with Crippen molar-refractivity contribution in [2.45, 2.75) is 38.3 Å². The highest BCUT2D eigenvalue weighted by atomic mass is 16.5. The lowest BCUT2D eigenvalue weighted by Crippen LogP contribution is -2.43. The van der Waals surface area contributed by atoms with Gasteiger partial charge in [-0.1, -0.05) is 0 Å². The molecule has 1 saturated carbocycles. The van der Waals surface area contributed by atoms with Crippen LogP contribution in [0.2, 0.25) is 0 Å². The lowest BCUT2D eigenvalue weighted by Gasteiger charge is -2.22. The molecule has 80 valence electrons. The number of ether oxygens (including phenoxy) is 1. The lowest BCUT2D eigenvalue weighted by atomic mass is 10.3. The van der Waals surface area contributed by atoms with Crippen molar-refractivity contribution in [3.05, 3.63) is 0 Å². The van der Waals surface area contributed by atoms with Crippen molar-refractivity contribution >= 4 is 6.03 Å². The standard InChI is InChI=1S/C10H18N2O2/c1-8-7-12(5-2-6-14-8)10(13)11-9-3-4-9/h8-9H,2-7H2,1H3,(H,11,13). The Morgan fingerprint density at radius 2 is 2.29 bits per heavy atom. The first-order chi connectivity index (χ1) is 6.75. The molecule has 1 N–H and O–H groups in total. The fourth-order valence-electron chi connectivity index (χ4n) is 1.67. The molecule has 2 aliphatic rings. The fraction of sp³-hybridized carbons (Fsp3) is 0.900. The SMILES string of the molecule is CC1CN(C(=O)NC2CC2)CCCO1. The highest BCUT2D eigenvalue weighted by Gasteiger charge is 2.27. The van der Waals surface area contributed by atoms with Crippen molar-refractivity contribution < 1.29 is 9.53 Å². The molecule has 1 unspecified atom stereocenters. The number of hydrogen-bond acceptors (Lipinski definition) is 2. The van der Waals surface area contributed by atoms with Gasteiger partial charge in [-0.25, -0.2) is 4.79 Å². The van der Waals surface area contributed by atoms with Crippen molar-refractivity contribution in [3.63, 3.8) is 0 Å². The molecule has 0 aromatic carbocycles. The second-order valence-corrected chi connectivity index (χ2v) is 4.20. The summed E-state index contributed by atoms with van der Waals surface area (Å²) in [6.07, 6.45) is 3.40. The Balaban J connectivity index is 1.83. The summed E-state index contributed by atoms with van der Waals surface area (Å²) in [5.41, 5.74) is 0. The molecule has 1 aliphatic carbocycles. The average Bonchev–Trinajstić information content (AvgIpc) is 2.93. The topological polar surface area (TPSA) is 41.6 Å². The van der Waals surface area contributed by atoms with Gasteiger partial charge in [-0.15, -0.1) is 0 Å². The van der Waals surface area contributed by atoms with Gasteiger partial charge in [0.2, 0.25) is 0 Å². The van der Waals surface area contributed by atoms with Crippen LogP contribution in [-0.2, 0) is 4.74 Å². The minimum absolute atomic E-state index is 0.0878. The van der Waals surface area contributed by atoms with E-state index < -0.39 is 0 Å². The van der Waals surface area contributed by atoms with Crippen LogP contribution in [0.1, 0.15) is 26.2 Å². The number of nitrogens with zero attached hydrogens (tertiary/aromatic N) is 1. The van der Waals surface area contributed by atoms with E-state index in [-0.39, 0.29) is 12.1 Å². The summed E-state index contributed by atoms with van der Waals surface area (Å²) >= 11 is 0. The van der Waals surface area contributed by atoms with E-state index in [0.717, 1.165) is 39.0 Å². The third-order valence-corrected chi connectivity index (χ3v) is 2.64. The molecule has 1 heterocycles. The second kappa shape index (κ2) is 4.17. The molecule has 0 radical (unpaired) electrons. The normalized spacial score (nSPS) is 28.4. The largest absolute Gasteiger partial charge is 0.377 e. The Kier molecular flexibility index (Phi) is 2.91. The molecule has 1 aliphatic heterocycles. The third kappa shape index (κ3) is 2.61. The van der Waals surface area contributed by atoms with E-state index in [1.54, 1.807) is 0 Å². The van der Waals surface area contributed by atoms with E-state index in [4.69, 9.17) is 4.74 Å². The average molecular weight is 198 g/mol. The summed E-state index contributed by atoms with van der Waals surface area (Å²) in [4.78, 5) is 13.6. The van der Waals surface area contributed by atoms with E-state index in [1.807, 2.05) is 11.8 Å². The van der Waals surface area contributed by atoms with Gasteiger partial charge in [-0.05, 0) is 26.2 Å². The van der Waals surface area contributed by atoms with Crippen LogP contribution in [0.4, 0.5) is 4.79 Å². The zero-order valence-corrected chi connectivity index (χ0v) is 8.66. The molecule has 0 spiro atoms. The number of carbonyl (C=O) groups is 1. The number of rotatable bonds is 1. The maximum atomic E-state index is 11.7. The first-order valence-electron chi connectivity index (χ1n) is 5.43. The summed E-state index contributed by atoms with van der Waals surface area (Å²) in [6, 6.07) is 0.534. The Morgan fingerprint density at radius 3 is 3.00 bits per heavy atom. The number of hydrogen-bond donors (Lipinski definition) is 1. The van der Waals surface area contributed by atoms with Crippen LogP contribution < -0.4 is 5.32 Å². The van der Waals surface area contributed by atoms with Crippen molar-refractivity contribution in [1.82, 2.24) is 10.2 Å². The molecule has 4 heteroatoms. The smallest absolute Gasteiger partial charge is 0.317 e. The van der Waals surface area contributed by atoms with Gasteiger partial charge in [0.25, 0.3) is 0 Å². The predicted molar refractivity (Wildman–Crippen MR) is 53.2 cm³/mol. The Labute approximate surface area is 84.6 Å². The molecule has 2 fully saturated rings. The maximum Gasteiger partial charge on any atom is 0.317 e. The van der Waals surface area contributed by atoms with E-state index in [9.17, 15) is 4.79 Å². The van der Waals surface area contributed by atoms with Crippen LogP contribution in [0.5, 0.6) is 0 Å². The van der Waals surface area contributed by atoms with Crippen molar-refractivity contribution in [1.29, 1.82) is 0 Å². The van der Waals surface area contributed by atoms with Gasteiger partial charge in [-0.2, -0.15) is 0 Å². The second-order valence-electron chi connectivity index (χ2n) is 4.20. The zero-order valence-electron chi connectivity index (χ0n) is 8.66. The molecule has 2 amide bonds. The first kappa shape index (κ1) is 9.77. The van der Waals surface area contributed by atoms with Gasteiger partial charge in [-0.3, -0.25) is 0 Å². The molecule has 0 aromatic heterocycles. The quantitative estimate of drug-likeness (QED) is 0.682. The van der Waals surface area contributed by atoms with E-state index in [1.165, 1.54) is 0 Å². The van der Waals surface area contributed by atoms with Gasteiger partial charge in [0.1, 0.15) is 0 Å².